The lowest BCUT2D eigenvalue weighted by Gasteiger charge is -2.32. The largest absolute Gasteiger partial charge is 0.294 e. The van der Waals surface area contributed by atoms with Crippen LogP contribution in [0.5, 0.6) is 0 Å². The van der Waals surface area contributed by atoms with Gasteiger partial charge in [0.15, 0.2) is 5.78 Å². The molecule has 0 fully saturated rings. The highest BCUT2D eigenvalue weighted by Gasteiger charge is 2.35. The molecule has 0 aromatic heterocycles. The Morgan fingerprint density at radius 2 is 2.00 bits per heavy atom. The molecule has 0 amide bonds. The quantitative estimate of drug-likeness (QED) is 0.623. The van der Waals surface area contributed by atoms with Gasteiger partial charge >= 0.3 is 0 Å². The van der Waals surface area contributed by atoms with Crippen molar-refractivity contribution in [1.82, 2.24) is 0 Å². The van der Waals surface area contributed by atoms with Crippen molar-refractivity contribution in [2.75, 3.05) is 0 Å². The van der Waals surface area contributed by atoms with Crippen LogP contribution < -0.4 is 0 Å². The Bertz CT molecular complexity index is 329. The SMILES string of the molecule is CC1=CCCC(C)(CC(C)=C(C)C)C1=O. The van der Waals surface area contributed by atoms with Crippen LogP contribution in [-0.4, -0.2) is 5.78 Å². The van der Waals surface area contributed by atoms with Crippen LogP contribution in [0.25, 0.3) is 0 Å². The van der Waals surface area contributed by atoms with Crippen molar-refractivity contribution < 1.29 is 4.79 Å². The molecule has 15 heavy (non-hydrogen) atoms. The molecule has 1 nitrogen and oxygen atoms in total. The molecule has 0 radical (unpaired) electrons. The fourth-order valence-electron chi connectivity index (χ4n) is 2.22. The lowest BCUT2D eigenvalue weighted by Crippen LogP contribution is -2.31. The maximum Gasteiger partial charge on any atom is 0.164 e. The van der Waals surface area contributed by atoms with Crippen LogP contribution >= 0.6 is 0 Å². The molecule has 0 saturated heterocycles. The van der Waals surface area contributed by atoms with Crippen LogP contribution in [-0.2, 0) is 4.79 Å². The number of hydrogen-bond acceptors (Lipinski definition) is 1. The molecule has 1 aliphatic rings. The molecule has 1 aliphatic carbocycles. The fourth-order valence-corrected chi connectivity index (χ4v) is 2.22. The molecule has 0 aromatic carbocycles. The van der Waals surface area contributed by atoms with Crippen LogP contribution in [0.3, 0.4) is 0 Å². The minimum Gasteiger partial charge on any atom is -0.294 e. The maximum absolute atomic E-state index is 12.1. The molecular weight excluding hydrogens is 184 g/mol. The second-order valence-corrected chi connectivity index (χ2v) is 5.27. The molecular formula is C14H22O. The van der Waals surface area contributed by atoms with Gasteiger partial charge in [0.2, 0.25) is 0 Å². The first-order valence-corrected chi connectivity index (χ1v) is 5.71. The number of Topliss-reactive ketones (excluding diaryl/α,β-unsaturated/α-hetero) is 1. The van der Waals surface area contributed by atoms with Crippen molar-refractivity contribution in [2.24, 2.45) is 5.41 Å². The Morgan fingerprint density at radius 3 is 2.53 bits per heavy atom. The predicted octanol–water partition coefficient (Wildman–Crippen LogP) is 4.05. The van der Waals surface area contributed by atoms with E-state index >= 15 is 0 Å². The van der Waals surface area contributed by atoms with E-state index in [0.717, 1.165) is 24.8 Å². The normalized spacial score (nSPS) is 26.2. The van der Waals surface area contributed by atoms with Gasteiger partial charge in [0.05, 0.1) is 0 Å². The van der Waals surface area contributed by atoms with E-state index in [0.29, 0.717) is 5.78 Å². The van der Waals surface area contributed by atoms with Gasteiger partial charge < -0.3 is 0 Å². The van der Waals surface area contributed by atoms with Crippen molar-refractivity contribution >= 4 is 5.78 Å². The van der Waals surface area contributed by atoms with Gasteiger partial charge in [0.25, 0.3) is 0 Å². The van der Waals surface area contributed by atoms with Gasteiger partial charge in [-0.05, 0) is 52.5 Å². The van der Waals surface area contributed by atoms with Crippen LogP contribution in [0.1, 0.15) is 53.9 Å². The van der Waals surface area contributed by atoms with Gasteiger partial charge in [-0.25, -0.2) is 0 Å². The zero-order valence-electron chi connectivity index (χ0n) is 10.6. The first-order valence-electron chi connectivity index (χ1n) is 5.71. The summed E-state index contributed by atoms with van der Waals surface area (Å²) in [7, 11) is 0. The van der Waals surface area contributed by atoms with Gasteiger partial charge in [0, 0.05) is 5.41 Å². The summed E-state index contributed by atoms with van der Waals surface area (Å²) in [5.41, 5.74) is 3.50. The molecule has 0 saturated carbocycles. The van der Waals surface area contributed by atoms with Gasteiger partial charge in [-0.15, -0.1) is 0 Å². The van der Waals surface area contributed by atoms with Gasteiger partial charge in [-0.3, -0.25) is 4.79 Å². The fraction of sp³-hybridized carbons (Fsp3) is 0.643. The van der Waals surface area contributed by atoms with E-state index in [9.17, 15) is 4.79 Å². The van der Waals surface area contributed by atoms with E-state index in [1.807, 2.05) is 6.92 Å². The van der Waals surface area contributed by atoms with Crippen molar-refractivity contribution in [3.05, 3.63) is 22.8 Å². The highest BCUT2D eigenvalue weighted by Crippen LogP contribution is 2.38. The molecule has 0 aliphatic heterocycles. The number of carbonyl (C=O) groups is 1. The second-order valence-electron chi connectivity index (χ2n) is 5.27. The monoisotopic (exact) mass is 206 g/mol. The molecule has 1 atom stereocenters. The van der Waals surface area contributed by atoms with Crippen LogP contribution in [0, 0.1) is 5.41 Å². The van der Waals surface area contributed by atoms with Gasteiger partial charge in [0.1, 0.15) is 0 Å². The minimum atomic E-state index is -0.153. The summed E-state index contributed by atoms with van der Waals surface area (Å²) in [6.07, 6.45) is 5.03. The van der Waals surface area contributed by atoms with E-state index in [1.54, 1.807) is 0 Å². The lowest BCUT2D eigenvalue weighted by atomic mass is 9.71. The van der Waals surface area contributed by atoms with Crippen LogP contribution in [0.15, 0.2) is 22.8 Å². The Morgan fingerprint density at radius 1 is 1.40 bits per heavy atom. The molecule has 1 rings (SSSR count). The number of carbonyl (C=O) groups excluding carboxylic acids is 1. The second kappa shape index (κ2) is 4.34. The third kappa shape index (κ3) is 2.58. The maximum atomic E-state index is 12.1. The summed E-state index contributed by atoms with van der Waals surface area (Å²) < 4.78 is 0. The minimum absolute atomic E-state index is 0.153. The molecule has 0 bridgehead atoms. The summed E-state index contributed by atoms with van der Waals surface area (Å²) in [4.78, 5) is 12.1. The number of rotatable bonds is 2. The molecule has 1 heteroatoms. The highest BCUT2D eigenvalue weighted by molar-refractivity contribution is 6.00. The smallest absolute Gasteiger partial charge is 0.164 e. The average Bonchev–Trinajstić information content (AvgIpc) is 2.14. The first-order chi connectivity index (χ1) is 6.87. The van der Waals surface area contributed by atoms with Crippen molar-refractivity contribution in [2.45, 2.75) is 53.9 Å². The highest BCUT2D eigenvalue weighted by atomic mass is 16.1. The van der Waals surface area contributed by atoms with Crippen molar-refractivity contribution in [1.29, 1.82) is 0 Å². The van der Waals surface area contributed by atoms with Crippen molar-refractivity contribution in [3.63, 3.8) is 0 Å². The van der Waals surface area contributed by atoms with E-state index in [-0.39, 0.29) is 5.41 Å². The third-order valence-corrected chi connectivity index (χ3v) is 3.56. The standard InChI is InChI=1S/C14H22O/c1-10(2)12(4)9-14(5)8-6-7-11(3)13(14)15/h7H,6,8-9H2,1-5H3. The molecule has 84 valence electrons. The van der Waals surface area contributed by atoms with E-state index in [4.69, 9.17) is 0 Å². The number of hydrogen-bond donors (Lipinski definition) is 0. The molecule has 0 N–H and O–H groups in total. The van der Waals surface area contributed by atoms with Gasteiger partial charge in [-0.1, -0.05) is 24.1 Å². The zero-order valence-corrected chi connectivity index (χ0v) is 10.6. The zero-order chi connectivity index (χ0) is 11.6. The topological polar surface area (TPSA) is 17.1 Å². The molecule has 0 heterocycles. The van der Waals surface area contributed by atoms with Crippen LogP contribution in [0.4, 0.5) is 0 Å². The first kappa shape index (κ1) is 12.2. The summed E-state index contributed by atoms with van der Waals surface area (Å²) in [6.45, 7) is 10.4. The summed E-state index contributed by atoms with van der Waals surface area (Å²) in [5.74, 6) is 0.342. The van der Waals surface area contributed by atoms with Crippen molar-refractivity contribution in [3.8, 4) is 0 Å². The molecule has 1 unspecified atom stereocenters. The Kier molecular flexibility index (Phi) is 3.54. The number of ketones is 1. The lowest BCUT2D eigenvalue weighted by molar-refractivity contribution is -0.124. The van der Waals surface area contributed by atoms with E-state index < -0.39 is 0 Å². The Balaban J connectivity index is 2.90. The Hall–Kier alpha value is -0.850. The van der Waals surface area contributed by atoms with Crippen LogP contribution in [0.2, 0.25) is 0 Å². The predicted molar refractivity (Wildman–Crippen MR) is 64.8 cm³/mol. The summed E-state index contributed by atoms with van der Waals surface area (Å²) in [6, 6.07) is 0. The average molecular weight is 206 g/mol. The summed E-state index contributed by atoms with van der Waals surface area (Å²) in [5, 5.41) is 0. The Labute approximate surface area is 93.3 Å². The van der Waals surface area contributed by atoms with E-state index in [2.05, 4.69) is 33.8 Å². The molecule has 0 aromatic rings. The number of allylic oxidation sites excluding steroid dienone is 4. The summed E-state index contributed by atoms with van der Waals surface area (Å²) >= 11 is 0. The third-order valence-electron chi connectivity index (χ3n) is 3.56. The molecule has 0 spiro atoms. The van der Waals surface area contributed by atoms with Gasteiger partial charge in [-0.2, -0.15) is 0 Å². The van der Waals surface area contributed by atoms with E-state index in [1.165, 1.54) is 11.1 Å².